The largest absolute Gasteiger partial charge is 0.500 e. The minimum absolute atomic E-state index is 0.377. The van der Waals surface area contributed by atoms with E-state index in [4.69, 9.17) is 31.2 Å². The van der Waals surface area contributed by atoms with Gasteiger partial charge in [0.05, 0.1) is 6.34 Å². The molecule has 16 heavy (non-hydrogen) atoms. The van der Waals surface area contributed by atoms with E-state index < -0.39 is 8.80 Å². The number of hydrogen-bond acceptors (Lipinski definition) is 4. The Morgan fingerprint density at radius 1 is 1.38 bits per heavy atom. The first-order valence-corrected chi connectivity index (χ1v) is 7.15. The zero-order valence-corrected chi connectivity index (χ0v) is 11.7. The van der Waals surface area contributed by atoms with Crippen molar-refractivity contribution in [2.24, 2.45) is 10.7 Å². The highest BCUT2D eigenvalue weighted by Gasteiger charge is 2.36. The van der Waals surface area contributed by atoms with E-state index in [1.54, 1.807) is 21.3 Å². The van der Waals surface area contributed by atoms with Gasteiger partial charge in [0.1, 0.15) is 0 Å². The predicted molar refractivity (Wildman–Crippen MR) is 69.5 cm³/mol. The van der Waals surface area contributed by atoms with Crippen molar-refractivity contribution in [1.82, 2.24) is 5.32 Å². The van der Waals surface area contributed by atoms with Crippen LogP contribution in [0.15, 0.2) is 4.99 Å². The van der Waals surface area contributed by atoms with Gasteiger partial charge in [0.25, 0.3) is 0 Å². The Morgan fingerprint density at radius 3 is 2.38 bits per heavy atom. The summed E-state index contributed by atoms with van der Waals surface area (Å²) >= 11 is 4.87. The van der Waals surface area contributed by atoms with Crippen molar-refractivity contribution >= 4 is 32.5 Å². The van der Waals surface area contributed by atoms with Gasteiger partial charge in [-0.1, -0.05) is 0 Å². The summed E-state index contributed by atoms with van der Waals surface area (Å²) in [5, 5.41) is 3.31. The van der Waals surface area contributed by atoms with E-state index in [0.717, 1.165) is 18.8 Å². The van der Waals surface area contributed by atoms with Gasteiger partial charge in [-0.25, -0.2) is 4.99 Å². The number of aliphatic imine (C=N–C) groups is 1. The maximum absolute atomic E-state index is 5.28. The van der Waals surface area contributed by atoms with Crippen molar-refractivity contribution in [3.8, 4) is 0 Å². The van der Waals surface area contributed by atoms with Gasteiger partial charge < -0.3 is 24.3 Å². The maximum Gasteiger partial charge on any atom is 0.500 e. The first-order valence-electron chi connectivity index (χ1n) is 4.81. The molecule has 94 valence electrons. The van der Waals surface area contributed by atoms with E-state index >= 15 is 0 Å². The van der Waals surface area contributed by atoms with Crippen LogP contribution < -0.4 is 11.1 Å². The Kier molecular flexibility index (Phi) is 8.30. The lowest BCUT2D eigenvalue weighted by molar-refractivity contribution is 0.123. The zero-order chi connectivity index (χ0) is 12.4. The van der Waals surface area contributed by atoms with Crippen LogP contribution in [-0.2, 0) is 13.3 Å². The fourth-order valence-corrected chi connectivity index (χ4v) is 3.05. The van der Waals surface area contributed by atoms with Crippen LogP contribution in [0.4, 0.5) is 0 Å². The predicted octanol–water partition coefficient (Wildman–Crippen LogP) is 0.116. The second kappa shape index (κ2) is 8.59. The van der Waals surface area contributed by atoms with Gasteiger partial charge in [0.15, 0.2) is 5.11 Å². The highest BCUT2D eigenvalue weighted by atomic mass is 32.1. The molecular weight excluding hydrogens is 246 g/mol. The third-order valence-electron chi connectivity index (χ3n) is 2.06. The van der Waals surface area contributed by atoms with Crippen molar-refractivity contribution in [3.63, 3.8) is 0 Å². The van der Waals surface area contributed by atoms with Crippen molar-refractivity contribution in [2.45, 2.75) is 12.5 Å². The molecular formula is C8H19N3O3SSi. The molecule has 0 aliphatic rings. The fraction of sp³-hybridized carbons (Fsp3) is 0.750. The molecule has 0 heterocycles. The average molecular weight is 265 g/mol. The van der Waals surface area contributed by atoms with Crippen LogP contribution in [0.1, 0.15) is 6.42 Å². The lowest BCUT2D eigenvalue weighted by atomic mass is 10.5. The first-order chi connectivity index (χ1) is 7.64. The van der Waals surface area contributed by atoms with Gasteiger partial charge >= 0.3 is 8.80 Å². The summed E-state index contributed by atoms with van der Waals surface area (Å²) in [4.78, 5) is 3.71. The summed E-state index contributed by atoms with van der Waals surface area (Å²) in [5.74, 6) is 0. The summed E-state index contributed by atoms with van der Waals surface area (Å²) < 4.78 is 15.8. The lowest BCUT2D eigenvalue weighted by Crippen LogP contribution is -2.43. The number of nitrogens with zero attached hydrogens (tertiary/aromatic N) is 1. The Bertz CT molecular complexity index is 228. The highest BCUT2D eigenvalue weighted by molar-refractivity contribution is 7.80. The number of thiocarbonyl (C=S) groups is 1. The Labute approximate surface area is 103 Å². The van der Waals surface area contributed by atoms with Crippen LogP contribution >= 0.6 is 12.2 Å². The van der Waals surface area contributed by atoms with Crippen molar-refractivity contribution in [3.05, 3.63) is 0 Å². The average Bonchev–Trinajstić information content (AvgIpc) is 2.31. The molecule has 0 saturated carbocycles. The topological polar surface area (TPSA) is 78.1 Å². The van der Waals surface area contributed by atoms with Gasteiger partial charge in [-0.15, -0.1) is 0 Å². The van der Waals surface area contributed by atoms with Crippen LogP contribution in [0, 0.1) is 0 Å². The number of rotatable bonds is 7. The Hall–Kier alpha value is -0.543. The normalized spacial score (nSPS) is 11.9. The fourth-order valence-electron chi connectivity index (χ4n) is 1.17. The number of hydrogen-bond donors (Lipinski definition) is 2. The minimum atomic E-state index is -2.45. The molecule has 0 aliphatic carbocycles. The van der Waals surface area contributed by atoms with E-state index in [1.165, 1.54) is 0 Å². The van der Waals surface area contributed by atoms with Gasteiger partial charge in [0.2, 0.25) is 0 Å². The van der Waals surface area contributed by atoms with Crippen molar-refractivity contribution in [1.29, 1.82) is 0 Å². The molecule has 8 heteroatoms. The van der Waals surface area contributed by atoms with Gasteiger partial charge in [0, 0.05) is 33.9 Å². The van der Waals surface area contributed by atoms with E-state index in [1.807, 2.05) is 0 Å². The third kappa shape index (κ3) is 5.52. The monoisotopic (exact) mass is 265 g/mol. The molecule has 3 N–H and O–H groups in total. The number of nitrogens with one attached hydrogen (secondary N) is 1. The summed E-state index contributed by atoms with van der Waals surface area (Å²) in [5.41, 5.74) is 5.10. The lowest BCUT2D eigenvalue weighted by Gasteiger charge is -2.24. The smallest absolute Gasteiger partial charge is 0.390 e. The highest BCUT2D eigenvalue weighted by Crippen LogP contribution is 2.14. The zero-order valence-electron chi connectivity index (χ0n) is 9.86. The van der Waals surface area contributed by atoms with Crippen LogP contribution in [0.2, 0.25) is 6.04 Å². The van der Waals surface area contributed by atoms with Crippen molar-refractivity contribution in [2.75, 3.05) is 27.9 Å². The second-order valence-corrected chi connectivity index (χ2v) is 6.39. The minimum Gasteiger partial charge on any atom is -0.390 e. The molecule has 0 unspecified atom stereocenters. The second-order valence-electron chi connectivity index (χ2n) is 2.91. The van der Waals surface area contributed by atoms with Gasteiger partial charge in [-0.3, -0.25) is 0 Å². The van der Waals surface area contributed by atoms with E-state index in [0.29, 0.717) is 11.7 Å². The third-order valence-corrected chi connectivity index (χ3v) is 5.14. The summed E-state index contributed by atoms with van der Waals surface area (Å²) in [6.07, 6.45) is 1.98. The molecule has 0 aromatic carbocycles. The van der Waals surface area contributed by atoms with E-state index in [-0.39, 0.29) is 0 Å². The van der Waals surface area contributed by atoms with E-state index in [9.17, 15) is 0 Å². The molecule has 0 aromatic rings. The van der Waals surface area contributed by atoms with Crippen LogP contribution in [0.3, 0.4) is 0 Å². The van der Waals surface area contributed by atoms with Gasteiger partial charge in [-0.2, -0.15) is 0 Å². The molecule has 6 nitrogen and oxygen atoms in total. The summed E-state index contributed by atoms with van der Waals surface area (Å²) in [7, 11) is 2.33. The molecule has 0 bridgehead atoms. The van der Waals surface area contributed by atoms with Crippen LogP contribution in [0.5, 0.6) is 0 Å². The van der Waals surface area contributed by atoms with Gasteiger partial charge in [-0.05, 0) is 18.6 Å². The Balaban J connectivity index is 3.83. The first kappa shape index (κ1) is 15.5. The van der Waals surface area contributed by atoms with E-state index in [2.05, 4.69) is 10.3 Å². The molecule has 0 rings (SSSR count). The number of nitrogens with two attached hydrogens (primary N) is 1. The quantitative estimate of drug-likeness (QED) is 0.224. The molecule has 0 atom stereocenters. The van der Waals surface area contributed by atoms with Crippen molar-refractivity contribution < 1.29 is 13.3 Å². The maximum atomic E-state index is 5.28. The standard InChI is InChI=1S/C8H19N3O3SSi/c1-12-16(13-2,14-3)6-4-5-10-8(15)11-7-9/h7H,4-6H2,1-3H3,(H3,9,10,11,15). The SMILES string of the molecule is CO[Si](CCCNC(=S)/N=C/N)(OC)OC. The molecule has 0 radical (unpaired) electrons. The summed E-state index contributed by atoms with van der Waals surface area (Å²) in [6, 6.07) is 0.721. The van der Waals surface area contributed by atoms with Crippen LogP contribution in [0.25, 0.3) is 0 Å². The summed E-state index contributed by atoms with van der Waals surface area (Å²) in [6.45, 7) is 0.682. The molecule has 0 fully saturated rings. The molecule has 0 aromatic heterocycles. The Morgan fingerprint density at radius 2 is 1.94 bits per heavy atom. The van der Waals surface area contributed by atoms with Crippen LogP contribution in [-0.4, -0.2) is 48.1 Å². The molecule has 0 spiro atoms. The molecule has 0 saturated heterocycles. The molecule has 0 aliphatic heterocycles. The molecule has 0 amide bonds.